The summed E-state index contributed by atoms with van der Waals surface area (Å²) in [6.07, 6.45) is -5.18. The number of amides is 1. The van der Waals surface area contributed by atoms with E-state index in [2.05, 4.69) is 0 Å². The first-order chi connectivity index (χ1) is 13.1. The van der Waals surface area contributed by atoms with Crippen LogP contribution in [0.5, 0.6) is 0 Å². The Morgan fingerprint density at radius 2 is 1.93 bits per heavy atom. The van der Waals surface area contributed by atoms with E-state index in [1.165, 1.54) is 12.1 Å². The largest absolute Gasteiger partial charge is 0.416 e. The van der Waals surface area contributed by atoms with Crippen LogP contribution >= 0.6 is 0 Å². The first-order valence-corrected chi connectivity index (χ1v) is 8.43. The highest BCUT2D eigenvalue weighted by molar-refractivity contribution is 5.93. The first-order valence-electron chi connectivity index (χ1n) is 8.43. The summed E-state index contributed by atoms with van der Waals surface area (Å²) in [4.78, 5) is 12.9. The van der Waals surface area contributed by atoms with Crippen LogP contribution in [0.2, 0.25) is 0 Å². The van der Waals surface area contributed by atoms with Gasteiger partial charge in [-0.2, -0.15) is 13.2 Å². The predicted octanol–water partition coefficient (Wildman–Crippen LogP) is 3.66. The molecule has 1 amide bonds. The fourth-order valence-electron chi connectivity index (χ4n) is 3.14. The third-order valence-corrected chi connectivity index (χ3v) is 4.47. The van der Waals surface area contributed by atoms with Gasteiger partial charge in [-0.3, -0.25) is 9.69 Å². The van der Waals surface area contributed by atoms with Crippen LogP contribution in [-0.2, 0) is 17.5 Å². The number of carbonyl (C=O) groups excluding carboxylic acids is 1. The van der Waals surface area contributed by atoms with Crippen molar-refractivity contribution in [1.29, 1.82) is 0 Å². The van der Waals surface area contributed by atoms with Crippen molar-refractivity contribution < 1.29 is 31.5 Å². The van der Waals surface area contributed by atoms with E-state index in [1.807, 2.05) is 0 Å². The van der Waals surface area contributed by atoms with Crippen molar-refractivity contribution in [3.63, 3.8) is 0 Å². The topological polar surface area (TPSA) is 55.6 Å². The predicted molar refractivity (Wildman–Crippen MR) is 90.3 cm³/mol. The number of rotatable bonds is 4. The Hall–Kier alpha value is -2.52. The average Bonchev–Trinajstić information content (AvgIpc) is 2.60. The number of alkyl halides is 3. The van der Waals surface area contributed by atoms with Crippen LogP contribution in [0.1, 0.15) is 33.2 Å². The number of hydrogen-bond acceptors (Lipinski definition) is 3. The van der Waals surface area contributed by atoms with E-state index in [1.54, 1.807) is 4.90 Å². The van der Waals surface area contributed by atoms with Crippen molar-refractivity contribution in [2.24, 2.45) is 5.73 Å². The summed E-state index contributed by atoms with van der Waals surface area (Å²) in [6.45, 7) is 1.05. The number of ether oxygens (including phenoxy) is 1. The lowest BCUT2D eigenvalue weighted by molar-refractivity contribution is -0.137. The highest BCUT2D eigenvalue weighted by Gasteiger charge is 2.32. The zero-order valence-corrected chi connectivity index (χ0v) is 14.6. The summed E-state index contributed by atoms with van der Waals surface area (Å²) >= 11 is 0. The minimum absolute atomic E-state index is 0.0859. The van der Waals surface area contributed by atoms with E-state index >= 15 is 0 Å². The molecule has 2 aromatic carbocycles. The third-order valence-electron chi connectivity index (χ3n) is 4.47. The molecule has 0 unspecified atom stereocenters. The highest BCUT2D eigenvalue weighted by Crippen LogP contribution is 2.31. The number of nitrogens with two attached hydrogens (primary N) is 1. The van der Waals surface area contributed by atoms with Crippen LogP contribution in [0.15, 0.2) is 36.4 Å². The lowest BCUT2D eigenvalue weighted by Gasteiger charge is -2.33. The van der Waals surface area contributed by atoms with Gasteiger partial charge in [-0.15, -0.1) is 0 Å². The maximum Gasteiger partial charge on any atom is 0.416 e. The molecule has 1 aliphatic heterocycles. The van der Waals surface area contributed by atoms with Gasteiger partial charge >= 0.3 is 6.18 Å². The Balaban J connectivity index is 1.75. The third kappa shape index (κ3) is 4.66. The summed E-state index contributed by atoms with van der Waals surface area (Å²) in [5.74, 6) is -2.62. The number of carbonyl (C=O) groups is 1. The zero-order valence-electron chi connectivity index (χ0n) is 14.6. The van der Waals surface area contributed by atoms with Crippen molar-refractivity contribution in [1.82, 2.24) is 4.90 Å². The molecule has 4 nitrogen and oxygen atoms in total. The molecule has 150 valence electrons. The molecule has 2 N–H and O–H groups in total. The molecule has 1 saturated heterocycles. The van der Waals surface area contributed by atoms with Crippen LogP contribution in [0.4, 0.5) is 22.0 Å². The van der Waals surface area contributed by atoms with Crippen LogP contribution < -0.4 is 5.73 Å². The Morgan fingerprint density at radius 3 is 2.57 bits per heavy atom. The van der Waals surface area contributed by atoms with Gasteiger partial charge in [0.2, 0.25) is 0 Å². The van der Waals surface area contributed by atoms with Gasteiger partial charge in [0.05, 0.1) is 23.8 Å². The van der Waals surface area contributed by atoms with Crippen LogP contribution in [-0.4, -0.2) is 30.5 Å². The molecule has 1 atom stereocenters. The monoisotopic (exact) mass is 400 g/mol. The van der Waals surface area contributed by atoms with Crippen molar-refractivity contribution in [3.05, 3.63) is 70.3 Å². The zero-order chi connectivity index (χ0) is 20.5. The number of halogens is 5. The summed E-state index contributed by atoms with van der Waals surface area (Å²) in [7, 11) is 0. The molecule has 2 aromatic rings. The maximum atomic E-state index is 14.0. The van der Waals surface area contributed by atoms with E-state index in [9.17, 15) is 26.7 Å². The SMILES string of the molecule is NC(=O)c1ccc([C@H]2CN(Cc3cc(F)cc(C(F)(F)F)c3)CCO2)cc1F. The van der Waals surface area contributed by atoms with Gasteiger partial charge in [-0.25, -0.2) is 8.78 Å². The van der Waals surface area contributed by atoms with Gasteiger partial charge in [0, 0.05) is 19.6 Å². The van der Waals surface area contributed by atoms with E-state index in [-0.39, 0.29) is 30.8 Å². The molecule has 0 aromatic heterocycles. The molecule has 1 fully saturated rings. The second-order valence-corrected chi connectivity index (χ2v) is 6.54. The smallest absolute Gasteiger partial charge is 0.371 e. The summed E-state index contributed by atoms with van der Waals surface area (Å²) < 4.78 is 71.8. The van der Waals surface area contributed by atoms with Crippen molar-refractivity contribution in [2.75, 3.05) is 19.7 Å². The molecular formula is C19H17F5N2O2. The van der Waals surface area contributed by atoms with Gasteiger partial charge < -0.3 is 10.5 Å². The second-order valence-electron chi connectivity index (χ2n) is 6.54. The molecule has 28 heavy (non-hydrogen) atoms. The van der Waals surface area contributed by atoms with Gasteiger partial charge in [0.25, 0.3) is 5.91 Å². The molecule has 0 bridgehead atoms. The molecular weight excluding hydrogens is 383 g/mol. The van der Waals surface area contributed by atoms with E-state index in [0.717, 1.165) is 18.2 Å². The average molecular weight is 400 g/mol. The number of nitrogens with zero attached hydrogens (tertiary/aromatic N) is 1. The molecule has 0 saturated carbocycles. The maximum absolute atomic E-state index is 14.0. The summed E-state index contributed by atoms with van der Waals surface area (Å²) in [5.41, 5.74) is 4.45. The van der Waals surface area contributed by atoms with Gasteiger partial charge in [-0.05, 0) is 41.5 Å². The standard InChI is InChI=1S/C19H17F5N2O2/c20-14-6-11(5-13(8-14)19(22,23)24)9-26-3-4-28-17(10-26)12-1-2-15(18(25)27)16(21)7-12/h1-2,5-8,17H,3-4,9-10H2,(H2,25,27)/t17-/m1/s1. The van der Waals surface area contributed by atoms with E-state index in [4.69, 9.17) is 10.5 Å². The number of primary amides is 1. The summed E-state index contributed by atoms with van der Waals surface area (Å²) in [5, 5.41) is 0. The van der Waals surface area contributed by atoms with E-state index in [0.29, 0.717) is 18.2 Å². The van der Waals surface area contributed by atoms with Crippen molar-refractivity contribution in [3.8, 4) is 0 Å². The molecule has 1 heterocycles. The highest BCUT2D eigenvalue weighted by atomic mass is 19.4. The van der Waals surface area contributed by atoms with E-state index < -0.39 is 35.4 Å². The lowest BCUT2D eigenvalue weighted by atomic mass is 10.0. The Kier molecular flexibility index (Phi) is 5.66. The molecule has 9 heteroatoms. The minimum Gasteiger partial charge on any atom is -0.371 e. The number of benzene rings is 2. The molecule has 1 aliphatic rings. The Morgan fingerprint density at radius 1 is 1.18 bits per heavy atom. The fourth-order valence-corrected chi connectivity index (χ4v) is 3.14. The van der Waals surface area contributed by atoms with Crippen molar-refractivity contribution >= 4 is 5.91 Å². The molecule has 0 radical (unpaired) electrons. The van der Waals surface area contributed by atoms with Gasteiger partial charge in [0.15, 0.2) is 0 Å². The van der Waals surface area contributed by atoms with Crippen LogP contribution in [0, 0.1) is 11.6 Å². The molecule has 3 rings (SSSR count). The Bertz CT molecular complexity index is 885. The second kappa shape index (κ2) is 7.84. The summed E-state index contributed by atoms with van der Waals surface area (Å²) in [6, 6.07) is 6.35. The fraction of sp³-hybridized carbons (Fsp3) is 0.316. The van der Waals surface area contributed by atoms with Crippen LogP contribution in [0.3, 0.4) is 0 Å². The first kappa shape index (κ1) is 20.2. The molecule has 0 spiro atoms. The number of morpholine rings is 1. The molecule has 0 aliphatic carbocycles. The lowest BCUT2D eigenvalue weighted by Crippen LogP contribution is -2.38. The minimum atomic E-state index is -4.63. The Labute approximate surface area is 157 Å². The quantitative estimate of drug-likeness (QED) is 0.798. The van der Waals surface area contributed by atoms with Crippen LogP contribution in [0.25, 0.3) is 0 Å². The van der Waals surface area contributed by atoms with Gasteiger partial charge in [0.1, 0.15) is 11.6 Å². The normalized spacial score (nSPS) is 18.2. The van der Waals surface area contributed by atoms with Crippen molar-refractivity contribution in [2.45, 2.75) is 18.8 Å². The number of hydrogen-bond donors (Lipinski definition) is 1. The van der Waals surface area contributed by atoms with Gasteiger partial charge in [-0.1, -0.05) is 6.07 Å².